The molecule has 2 unspecified atom stereocenters. The van der Waals surface area contributed by atoms with E-state index in [1.807, 2.05) is 17.2 Å². The molecule has 4 N–H and O–H groups in total. The highest BCUT2D eigenvalue weighted by atomic mass is 19.4. The molecule has 4 amide bonds. The maximum Gasteiger partial charge on any atom is 0.416 e. The van der Waals surface area contributed by atoms with Crippen LogP contribution in [0.1, 0.15) is 78.3 Å². The van der Waals surface area contributed by atoms with Crippen LogP contribution in [-0.2, 0) is 53.9 Å². The lowest BCUT2D eigenvalue weighted by Gasteiger charge is -2.36. The van der Waals surface area contributed by atoms with E-state index < -0.39 is 35.3 Å². The third-order valence-electron chi connectivity index (χ3n) is 14.7. The Balaban J connectivity index is 0.000000184. The summed E-state index contributed by atoms with van der Waals surface area (Å²) in [6.45, 7) is 3.67. The van der Waals surface area contributed by atoms with Crippen LogP contribution in [0.15, 0.2) is 84.9 Å². The van der Waals surface area contributed by atoms with Crippen molar-refractivity contribution in [2.45, 2.75) is 82.3 Å². The van der Waals surface area contributed by atoms with Gasteiger partial charge in [-0.3, -0.25) is 24.1 Å². The molecule has 6 heterocycles. The third-order valence-corrected chi connectivity index (χ3v) is 14.7. The average Bonchev–Trinajstić information content (AvgIpc) is 3.66. The van der Waals surface area contributed by atoms with E-state index in [0.717, 1.165) is 80.8 Å². The molecule has 4 aromatic carbocycles. The molecule has 20 heteroatoms. The molecule has 0 saturated carbocycles. The number of alkyl halides is 6. The number of allylic oxidation sites excluding steroid dienone is 2. The topological polar surface area (TPSA) is 160 Å². The van der Waals surface area contributed by atoms with Gasteiger partial charge >= 0.3 is 12.4 Å². The van der Waals surface area contributed by atoms with E-state index in [4.69, 9.17) is 19.0 Å². The molecule has 0 aromatic heterocycles. The van der Waals surface area contributed by atoms with E-state index in [0.29, 0.717) is 89.5 Å². The lowest BCUT2D eigenvalue weighted by atomic mass is 9.78. The molecule has 0 spiro atoms. The van der Waals surface area contributed by atoms with Crippen molar-refractivity contribution < 1.29 is 64.6 Å². The molecule has 10 rings (SSSR count). The molecule has 2 fully saturated rings. The first kappa shape index (κ1) is 53.1. The first-order valence-corrected chi connectivity index (χ1v) is 25.1. The Labute approximate surface area is 429 Å². The molecule has 3 atom stereocenters. The van der Waals surface area contributed by atoms with Crippen LogP contribution in [0.2, 0.25) is 0 Å². The van der Waals surface area contributed by atoms with Crippen molar-refractivity contribution in [1.29, 1.82) is 0 Å². The number of carbonyl (C=O) groups excluding carboxylic acids is 4. The number of nitrogens with one attached hydrogen (secondary N) is 4. The van der Waals surface area contributed by atoms with Gasteiger partial charge < -0.3 is 40.3 Å². The van der Waals surface area contributed by atoms with Crippen molar-refractivity contribution >= 4 is 57.5 Å². The Bertz CT molecular complexity index is 2880. The van der Waals surface area contributed by atoms with E-state index in [9.17, 15) is 45.5 Å². The van der Waals surface area contributed by atoms with Gasteiger partial charge in [0.15, 0.2) is 0 Å². The molecule has 0 aliphatic carbocycles. The van der Waals surface area contributed by atoms with Gasteiger partial charge in [0.1, 0.15) is 11.5 Å². The number of fused-ring (bicyclic) bond motifs is 4. The summed E-state index contributed by atoms with van der Waals surface area (Å²) in [6.07, 6.45) is 0.0402. The number of ether oxygens (including phenoxy) is 3. The van der Waals surface area contributed by atoms with E-state index in [2.05, 4.69) is 26.2 Å². The fourth-order valence-corrected chi connectivity index (χ4v) is 10.6. The van der Waals surface area contributed by atoms with Gasteiger partial charge in [0.2, 0.25) is 23.6 Å². The summed E-state index contributed by atoms with van der Waals surface area (Å²) in [5.74, 6) is -0.470. The number of piperidine rings is 1. The first-order chi connectivity index (χ1) is 35.9. The lowest BCUT2D eigenvalue weighted by molar-refractivity contribution is -0.153. The van der Waals surface area contributed by atoms with E-state index in [1.54, 1.807) is 38.5 Å². The van der Waals surface area contributed by atoms with Crippen LogP contribution in [0.3, 0.4) is 0 Å². The predicted octanol–water partition coefficient (Wildman–Crippen LogP) is 9.77. The summed E-state index contributed by atoms with van der Waals surface area (Å²) in [5.41, 5.74) is 4.96. The van der Waals surface area contributed by atoms with Crippen molar-refractivity contribution in [3.63, 3.8) is 0 Å². The van der Waals surface area contributed by atoms with Crippen molar-refractivity contribution in [3.05, 3.63) is 118 Å². The lowest BCUT2D eigenvalue weighted by Crippen LogP contribution is -2.47. The highest BCUT2D eigenvalue weighted by molar-refractivity contribution is 6.06. The van der Waals surface area contributed by atoms with Crippen LogP contribution >= 0.6 is 0 Å². The second-order valence-corrected chi connectivity index (χ2v) is 19.5. The maximum absolute atomic E-state index is 13.1. The zero-order valence-electron chi connectivity index (χ0n) is 41.4. The number of anilines is 4. The standard InChI is InChI=1S/C28H30F3N3O4.C27H28F3N3O4/c1-37-34-10-8-17(9-11-34)23-13-19-4-6-21(16-24(19)33-27(23)36)32-26(35)14-18-3-2-12-38-25-15-20(28(29,30)31)5-7-22(18)25;1-36-20-8-9-33(15-20)23-11-17-4-6-19(14-22(17)32-26(23)35)31-25(34)12-16-3-2-10-37-24-13-18(27(28,29)30)5-7-21(16)24/h4-7,14-17,23H,2-3,8-13H2,1H3,(H,32,35)(H,33,36);4-7,12-14,20,23H,2-3,8-11,15H2,1H3,(H,31,34)(H,32,35)/b18-14+;16-12+/t;20-,23?/m.1/s1. The van der Waals surface area contributed by atoms with Crippen molar-refractivity contribution in [2.24, 2.45) is 11.8 Å². The minimum atomic E-state index is -4.48. The number of amides is 4. The number of carbonyl (C=O) groups is 4. The van der Waals surface area contributed by atoms with Crippen molar-refractivity contribution in [2.75, 3.05) is 74.9 Å². The van der Waals surface area contributed by atoms with E-state index >= 15 is 0 Å². The van der Waals surface area contributed by atoms with Crippen molar-refractivity contribution in [1.82, 2.24) is 9.96 Å². The molecule has 2 saturated heterocycles. The third kappa shape index (κ3) is 12.7. The summed E-state index contributed by atoms with van der Waals surface area (Å²) >= 11 is 0. The number of benzene rings is 4. The van der Waals surface area contributed by atoms with Gasteiger partial charge in [-0.15, -0.1) is 0 Å². The highest BCUT2D eigenvalue weighted by Gasteiger charge is 2.38. The highest BCUT2D eigenvalue weighted by Crippen LogP contribution is 2.41. The molecule has 75 heavy (non-hydrogen) atoms. The summed E-state index contributed by atoms with van der Waals surface area (Å²) < 4.78 is 95.2. The number of rotatable bonds is 8. The normalized spacial score (nSPS) is 22.3. The Hall–Kier alpha value is -6.74. The molecule has 14 nitrogen and oxygen atoms in total. The number of hydrogen-bond acceptors (Lipinski definition) is 10. The SMILES string of the molecule is CON1CCC(C2Cc3ccc(NC(=O)/C=C4\CCCOc5cc(C(F)(F)F)ccc54)cc3NC2=O)CC1.CO[C@@H]1CCN(C2Cc3ccc(NC(=O)/C=C4\CCCOc5cc(C(F)(F)F)ccc54)cc3NC2=O)C1. The number of nitrogens with zero attached hydrogens (tertiary/aromatic N) is 2. The van der Waals surface area contributed by atoms with Crippen LogP contribution in [0.25, 0.3) is 11.1 Å². The molecule has 398 valence electrons. The maximum atomic E-state index is 13.1. The minimum absolute atomic E-state index is 0.00718. The fraction of sp³-hybridized carbons (Fsp3) is 0.418. The van der Waals surface area contributed by atoms with Gasteiger partial charge in [-0.2, -0.15) is 31.4 Å². The summed E-state index contributed by atoms with van der Waals surface area (Å²) in [6, 6.07) is 17.3. The Kier molecular flexibility index (Phi) is 16.0. The fourth-order valence-electron chi connectivity index (χ4n) is 10.6. The molecule has 6 aliphatic rings. The van der Waals surface area contributed by atoms with Gasteiger partial charge in [-0.05, 0) is 135 Å². The van der Waals surface area contributed by atoms with Crippen LogP contribution < -0.4 is 30.7 Å². The summed E-state index contributed by atoms with van der Waals surface area (Å²) in [5, 5.41) is 13.5. The van der Waals surface area contributed by atoms with Crippen LogP contribution in [0.4, 0.5) is 49.1 Å². The van der Waals surface area contributed by atoms with Crippen molar-refractivity contribution in [3.8, 4) is 11.5 Å². The smallest absolute Gasteiger partial charge is 0.416 e. The van der Waals surface area contributed by atoms with Crippen LogP contribution in [0, 0.1) is 11.8 Å². The number of halogens is 6. The molecule has 0 bridgehead atoms. The molecule has 0 radical (unpaired) electrons. The minimum Gasteiger partial charge on any atom is -0.493 e. The Morgan fingerprint density at radius 1 is 0.667 bits per heavy atom. The number of methoxy groups -OCH3 is 1. The number of likely N-dealkylation sites (tertiary alicyclic amines) is 1. The van der Waals surface area contributed by atoms with E-state index in [-0.39, 0.29) is 54.6 Å². The predicted molar refractivity (Wildman–Crippen MR) is 269 cm³/mol. The summed E-state index contributed by atoms with van der Waals surface area (Å²) in [7, 11) is 3.34. The number of hydroxylamine groups is 2. The van der Waals surface area contributed by atoms with Gasteiger partial charge in [0.25, 0.3) is 0 Å². The van der Waals surface area contributed by atoms with Crippen LogP contribution in [0.5, 0.6) is 11.5 Å². The van der Waals surface area contributed by atoms with Crippen LogP contribution in [-0.4, -0.2) is 99.4 Å². The Morgan fingerprint density at radius 3 is 1.68 bits per heavy atom. The second-order valence-electron chi connectivity index (χ2n) is 19.5. The average molecular weight is 1050 g/mol. The molecular weight excluding hydrogens is 987 g/mol. The second kappa shape index (κ2) is 22.6. The van der Waals surface area contributed by atoms with Gasteiger partial charge in [0, 0.05) is 85.2 Å². The first-order valence-electron chi connectivity index (χ1n) is 25.1. The number of hydrogen-bond donors (Lipinski definition) is 4. The summed E-state index contributed by atoms with van der Waals surface area (Å²) in [4.78, 5) is 58.8. The van der Waals surface area contributed by atoms with E-state index in [1.165, 1.54) is 24.3 Å². The molecule has 6 aliphatic heterocycles. The largest absolute Gasteiger partial charge is 0.493 e. The van der Waals surface area contributed by atoms with Gasteiger partial charge in [0.05, 0.1) is 43.6 Å². The van der Waals surface area contributed by atoms with Gasteiger partial charge in [-0.1, -0.05) is 24.3 Å². The molecular formula is C55H58F6N6O8. The Morgan fingerprint density at radius 2 is 1.19 bits per heavy atom. The monoisotopic (exact) mass is 1040 g/mol. The zero-order valence-corrected chi connectivity index (χ0v) is 41.4. The quantitative estimate of drug-likeness (QED) is 0.0989. The zero-order chi connectivity index (χ0) is 53.0. The molecule has 4 aromatic rings. The van der Waals surface area contributed by atoms with Gasteiger partial charge in [-0.25, -0.2) is 0 Å².